The zero-order chi connectivity index (χ0) is 35.1. The molecule has 51 heavy (non-hydrogen) atoms. The average molecular weight is 728 g/mol. The maximum atomic E-state index is 17.2. The van der Waals surface area contributed by atoms with Crippen molar-refractivity contribution in [3.8, 4) is 17.2 Å². The summed E-state index contributed by atoms with van der Waals surface area (Å²) in [5, 5.41) is 15.5. The lowest BCUT2D eigenvalue weighted by atomic mass is 9.79. The molecule has 2 aromatic carbocycles. The minimum atomic E-state index is -0.487. The Morgan fingerprint density at radius 1 is 1.24 bits per heavy atom. The summed E-state index contributed by atoms with van der Waals surface area (Å²) in [5.74, 6) is 0.623. The van der Waals surface area contributed by atoms with Gasteiger partial charge in [0.2, 0.25) is 11.8 Å². The molecular weight excluding hydrogens is 690 g/mol. The van der Waals surface area contributed by atoms with Crippen molar-refractivity contribution in [3.63, 3.8) is 0 Å². The molecule has 3 saturated heterocycles. The second-order valence-corrected chi connectivity index (χ2v) is 15.4. The molecule has 1 amide bonds. The van der Waals surface area contributed by atoms with Gasteiger partial charge >= 0.3 is 0 Å². The lowest BCUT2D eigenvalue weighted by molar-refractivity contribution is -0.134. The molecule has 2 aliphatic carbocycles. The molecule has 5 fully saturated rings. The first kappa shape index (κ1) is 32.9. The molecule has 6 atom stereocenters. The topological polar surface area (TPSA) is 109 Å². The summed E-state index contributed by atoms with van der Waals surface area (Å²) in [6.07, 6.45) is 6.56. The number of nitrogens with one attached hydrogen (secondary N) is 1. The number of fused-ring (bicyclic) bond motifs is 4. The Labute approximate surface area is 304 Å². The molecule has 2 bridgehead atoms. The van der Waals surface area contributed by atoms with Crippen LogP contribution in [-0.2, 0) is 16.0 Å². The standard InChI is InChI=1S/C39H37Cl2FN6O3/c1-19-26-16-31(30-15-24(18-47(30)39(49)21-8-9-21)51-20(2)38-44-11-12-50-38)48(36-23-14-29(36)45-17-23)37(26)27-13-22(5-4-10-43)32(34(42)35(27)46-19)25-6-3-7-28(40)33(25)41/h3,6-7,11-13,16,20-21,23-24,29-30,36,45H,4-5,8-9,14-15,17-18H2,1-2H3. The van der Waals surface area contributed by atoms with Crippen LogP contribution in [0, 0.1) is 35.9 Å². The number of carbonyl (C=O) groups is 1. The van der Waals surface area contributed by atoms with E-state index in [0.717, 1.165) is 42.4 Å². The molecule has 1 N–H and O–H groups in total. The molecule has 0 radical (unpaired) electrons. The fourth-order valence-corrected chi connectivity index (χ4v) is 9.26. The van der Waals surface area contributed by atoms with Crippen LogP contribution in [0.15, 0.2) is 47.2 Å². The molecule has 3 aliphatic heterocycles. The number of benzene rings is 2. The van der Waals surface area contributed by atoms with E-state index >= 15 is 4.39 Å². The van der Waals surface area contributed by atoms with E-state index in [4.69, 9.17) is 37.3 Å². The maximum Gasteiger partial charge on any atom is 0.226 e. The van der Waals surface area contributed by atoms with E-state index in [9.17, 15) is 10.1 Å². The van der Waals surface area contributed by atoms with Crippen molar-refractivity contribution in [2.75, 3.05) is 13.1 Å². The lowest BCUT2D eigenvalue weighted by Gasteiger charge is -2.39. The summed E-state index contributed by atoms with van der Waals surface area (Å²) < 4.78 is 31.6. The summed E-state index contributed by atoms with van der Waals surface area (Å²) in [6, 6.07) is 11.8. The van der Waals surface area contributed by atoms with Crippen molar-refractivity contribution in [1.82, 2.24) is 24.8 Å². The van der Waals surface area contributed by atoms with E-state index < -0.39 is 5.82 Å². The van der Waals surface area contributed by atoms with Gasteiger partial charge in [0.25, 0.3) is 0 Å². The van der Waals surface area contributed by atoms with Crippen molar-refractivity contribution < 1.29 is 18.3 Å². The van der Waals surface area contributed by atoms with E-state index in [2.05, 4.69) is 27.0 Å². The number of amides is 1. The number of aromatic nitrogens is 3. The minimum absolute atomic E-state index is 0.0348. The second kappa shape index (κ2) is 12.6. The summed E-state index contributed by atoms with van der Waals surface area (Å²) in [7, 11) is 0. The fourth-order valence-electron chi connectivity index (χ4n) is 8.87. The number of pyridine rings is 1. The summed E-state index contributed by atoms with van der Waals surface area (Å²) in [5.41, 5.74) is 4.34. The van der Waals surface area contributed by atoms with Crippen molar-refractivity contribution in [2.45, 2.75) is 82.7 Å². The molecule has 262 valence electrons. The number of nitriles is 1. The van der Waals surface area contributed by atoms with Crippen LogP contribution < -0.4 is 5.32 Å². The Hall–Kier alpha value is -4.01. The Balaban J connectivity index is 1.25. The Morgan fingerprint density at radius 3 is 2.78 bits per heavy atom. The molecule has 5 aromatic rings. The Morgan fingerprint density at radius 2 is 2.08 bits per heavy atom. The number of aryl methyl sites for hydroxylation is 2. The Kier molecular flexibility index (Phi) is 8.11. The van der Waals surface area contributed by atoms with E-state index in [1.165, 1.54) is 6.26 Å². The number of nitrogens with zero attached hydrogens (tertiary/aromatic N) is 5. The van der Waals surface area contributed by atoms with Crippen molar-refractivity contribution in [3.05, 3.63) is 81.5 Å². The molecular formula is C39H37Cl2FN6O3. The van der Waals surface area contributed by atoms with Crippen LogP contribution in [0.1, 0.15) is 80.1 Å². The molecule has 2 saturated carbocycles. The van der Waals surface area contributed by atoms with E-state index in [1.54, 1.807) is 24.4 Å². The molecule has 10 rings (SSSR count). The first-order valence-electron chi connectivity index (χ1n) is 17.8. The number of hydrogen-bond acceptors (Lipinski definition) is 7. The quantitative estimate of drug-likeness (QED) is 0.162. The van der Waals surface area contributed by atoms with Gasteiger partial charge in [0, 0.05) is 71.2 Å². The van der Waals surface area contributed by atoms with Crippen LogP contribution in [0.5, 0.6) is 0 Å². The third kappa shape index (κ3) is 5.35. The van der Waals surface area contributed by atoms with Gasteiger partial charge in [-0.3, -0.25) is 4.79 Å². The van der Waals surface area contributed by atoms with Crippen molar-refractivity contribution >= 4 is 50.9 Å². The molecule has 12 heteroatoms. The summed E-state index contributed by atoms with van der Waals surface area (Å²) in [4.78, 5) is 25.2. The van der Waals surface area contributed by atoms with Crippen LogP contribution in [0.25, 0.3) is 32.9 Å². The normalized spacial score (nSPS) is 24.7. The number of likely N-dealkylation sites (tertiary alicyclic amines) is 1. The molecule has 0 spiro atoms. The number of rotatable bonds is 9. The number of oxazole rings is 1. The van der Waals surface area contributed by atoms with E-state index in [1.807, 2.05) is 24.8 Å². The van der Waals surface area contributed by atoms with Gasteiger partial charge in [-0.05, 0) is 69.2 Å². The molecule has 6 unspecified atom stereocenters. The van der Waals surface area contributed by atoms with Gasteiger partial charge < -0.3 is 23.9 Å². The third-order valence-electron chi connectivity index (χ3n) is 11.4. The smallest absolute Gasteiger partial charge is 0.226 e. The number of hydrogen-bond donors (Lipinski definition) is 1. The zero-order valence-corrected chi connectivity index (χ0v) is 29.8. The van der Waals surface area contributed by atoms with Crippen LogP contribution in [-0.4, -0.2) is 50.6 Å². The third-order valence-corrected chi connectivity index (χ3v) is 12.3. The maximum absolute atomic E-state index is 17.2. The molecule has 9 nitrogen and oxygen atoms in total. The van der Waals surface area contributed by atoms with Gasteiger partial charge in [-0.2, -0.15) is 5.26 Å². The average Bonchev–Trinajstić information content (AvgIpc) is 3.64. The highest BCUT2D eigenvalue weighted by Gasteiger charge is 2.51. The van der Waals surface area contributed by atoms with Gasteiger partial charge in [0.1, 0.15) is 17.9 Å². The van der Waals surface area contributed by atoms with Gasteiger partial charge in [0.05, 0.1) is 46.0 Å². The predicted octanol–water partition coefficient (Wildman–Crippen LogP) is 8.42. The number of halogens is 3. The highest BCUT2D eigenvalue weighted by molar-refractivity contribution is 6.43. The summed E-state index contributed by atoms with van der Waals surface area (Å²) >= 11 is 13.1. The SMILES string of the molecule is Cc1nc2c(F)c(-c3cccc(Cl)c3Cl)c(CCC#N)cc2c2c1cc(C1CC(OC(C)c3ncco3)CN1C(=O)C1CC1)n2C1C2CNC1C2. The minimum Gasteiger partial charge on any atom is -0.446 e. The predicted molar refractivity (Wildman–Crippen MR) is 192 cm³/mol. The molecule has 6 heterocycles. The lowest BCUT2D eigenvalue weighted by Crippen LogP contribution is -2.41. The van der Waals surface area contributed by atoms with Crippen molar-refractivity contribution in [2.24, 2.45) is 11.8 Å². The molecule has 5 aliphatic rings. The van der Waals surface area contributed by atoms with Crippen LogP contribution in [0.3, 0.4) is 0 Å². The fraction of sp³-hybridized carbons (Fsp3) is 0.436. The van der Waals surface area contributed by atoms with Crippen LogP contribution in [0.2, 0.25) is 10.0 Å². The highest BCUT2D eigenvalue weighted by atomic mass is 35.5. The summed E-state index contributed by atoms with van der Waals surface area (Å²) in [6.45, 7) is 5.22. The van der Waals surface area contributed by atoms with E-state index in [-0.39, 0.29) is 59.1 Å². The van der Waals surface area contributed by atoms with Crippen LogP contribution in [0.4, 0.5) is 4.39 Å². The zero-order valence-electron chi connectivity index (χ0n) is 28.3. The van der Waals surface area contributed by atoms with Gasteiger partial charge in [-0.15, -0.1) is 0 Å². The first-order chi connectivity index (χ1) is 24.7. The second-order valence-electron chi connectivity index (χ2n) is 14.6. The molecule has 3 aromatic heterocycles. The first-order valence-corrected chi connectivity index (χ1v) is 18.6. The largest absolute Gasteiger partial charge is 0.446 e. The van der Waals surface area contributed by atoms with Crippen LogP contribution >= 0.6 is 23.2 Å². The van der Waals surface area contributed by atoms with Gasteiger partial charge in [-0.25, -0.2) is 14.4 Å². The highest BCUT2D eigenvalue weighted by Crippen LogP contribution is 2.51. The number of carbonyl (C=O) groups excluding carboxylic acids is 1. The monoisotopic (exact) mass is 726 g/mol. The van der Waals surface area contributed by atoms with E-state index in [0.29, 0.717) is 64.0 Å². The number of ether oxygens (including phenoxy) is 1. The van der Waals surface area contributed by atoms with Gasteiger partial charge in [-0.1, -0.05) is 35.3 Å². The Bertz CT molecular complexity index is 2230. The van der Waals surface area contributed by atoms with Gasteiger partial charge in [0.15, 0.2) is 5.82 Å². The van der Waals surface area contributed by atoms with Crippen molar-refractivity contribution in [1.29, 1.82) is 5.26 Å².